The molecule has 7 heteroatoms. The highest BCUT2D eigenvalue weighted by atomic mass is 35.5. The van der Waals surface area contributed by atoms with Gasteiger partial charge in [0.2, 0.25) is 0 Å². The summed E-state index contributed by atoms with van der Waals surface area (Å²) in [6.07, 6.45) is 1.61. The fourth-order valence-electron chi connectivity index (χ4n) is 2.12. The molecule has 132 valence electrons. The Kier molecular flexibility index (Phi) is 5.94. The van der Waals surface area contributed by atoms with Gasteiger partial charge in [-0.1, -0.05) is 35.3 Å². The van der Waals surface area contributed by atoms with Crippen LogP contribution >= 0.6 is 23.2 Å². The molecule has 0 bridgehead atoms. The zero-order valence-electron chi connectivity index (χ0n) is 13.6. The molecule has 1 aromatic heterocycles. The molecule has 3 rings (SSSR count). The molecule has 3 aromatic rings. The molecule has 2 aromatic carbocycles. The average Bonchev–Trinajstić information content (AvgIpc) is 2.65. The van der Waals surface area contributed by atoms with Gasteiger partial charge in [-0.15, -0.1) is 0 Å². The average molecular weight is 388 g/mol. The molecule has 0 saturated carbocycles. The fraction of sp³-hybridized carbons (Fsp3) is 0.0526. The summed E-state index contributed by atoms with van der Waals surface area (Å²) in [7, 11) is 0. The van der Waals surface area contributed by atoms with E-state index >= 15 is 0 Å². The van der Waals surface area contributed by atoms with E-state index < -0.39 is 0 Å². The maximum Gasteiger partial charge on any atom is 0.263 e. The number of aromatic nitrogens is 1. The van der Waals surface area contributed by atoms with Crippen molar-refractivity contribution in [1.82, 2.24) is 4.98 Å². The lowest BCUT2D eigenvalue weighted by Crippen LogP contribution is -2.20. The lowest BCUT2D eigenvalue weighted by atomic mass is 10.3. The third-order valence-electron chi connectivity index (χ3n) is 3.37. The van der Waals surface area contributed by atoms with Crippen LogP contribution in [0.4, 0.5) is 17.2 Å². The molecule has 26 heavy (non-hydrogen) atoms. The summed E-state index contributed by atoms with van der Waals surface area (Å²) in [6, 6.07) is 17.7. The zero-order chi connectivity index (χ0) is 18.4. The van der Waals surface area contributed by atoms with E-state index in [0.717, 1.165) is 11.4 Å². The number of ether oxygens (including phenoxy) is 1. The lowest BCUT2D eigenvalue weighted by molar-refractivity contribution is -0.118. The number of carbonyl (C=O) groups excluding carboxylic acids is 1. The van der Waals surface area contributed by atoms with Crippen molar-refractivity contribution in [2.75, 3.05) is 17.2 Å². The van der Waals surface area contributed by atoms with Gasteiger partial charge in [0.15, 0.2) is 6.61 Å². The minimum absolute atomic E-state index is 0.122. The molecule has 0 saturated heterocycles. The Balaban J connectivity index is 1.52. The summed E-state index contributed by atoms with van der Waals surface area (Å²) >= 11 is 11.9. The highest BCUT2D eigenvalue weighted by Gasteiger charge is 2.06. The predicted octanol–water partition coefficient (Wildman–Crippen LogP) is 5.15. The summed E-state index contributed by atoms with van der Waals surface area (Å²) in [4.78, 5) is 16.1. The molecule has 0 aliphatic rings. The van der Waals surface area contributed by atoms with Crippen LogP contribution in [0, 0.1) is 0 Å². The Morgan fingerprint density at radius 3 is 2.46 bits per heavy atom. The maximum atomic E-state index is 11.9. The SMILES string of the molecule is O=C(COc1ccc(Cl)cc1)Nc1ccc(Nc2ccccc2Cl)cn1. The number of hydrogen-bond donors (Lipinski definition) is 2. The number of nitrogens with one attached hydrogen (secondary N) is 2. The second-order valence-corrected chi connectivity index (χ2v) is 6.17. The fourth-order valence-corrected chi connectivity index (χ4v) is 2.43. The van der Waals surface area contributed by atoms with Crippen LogP contribution in [-0.2, 0) is 4.79 Å². The van der Waals surface area contributed by atoms with Gasteiger partial charge >= 0.3 is 0 Å². The number of anilines is 3. The maximum absolute atomic E-state index is 11.9. The number of para-hydroxylation sites is 1. The van der Waals surface area contributed by atoms with Crippen molar-refractivity contribution in [3.63, 3.8) is 0 Å². The highest BCUT2D eigenvalue weighted by molar-refractivity contribution is 6.33. The quantitative estimate of drug-likeness (QED) is 0.613. The Bertz CT molecular complexity index is 884. The van der Waals surface area contributed by atoms with Crippen LogP contribution in [0.15, 0.2) is 66.9 Å². The van der Waals surface area contributed by atoms with Gasteiger partial charge in [0, 0.05) is 5.02 Å². The zero-order valence-corrected chi connectivity index (χ0v) is 15.1. The summed E-state index contributed by atoms with van der Waals surface area (Å²) in [6.45, 7) is -0.122. The lowest BCUT2D eigenvalue weighted by Gasteiger charge is -2.09. The Morgan fingerprint density at radius 1 is 1.00 bits per heavy atom. The van der Waals surface area contributed by atoms with Crippen LogP contribution in [-0.4, -0.2) is 17.5 Å². The van der Waals surface area contributed by atoms with Crippen molar-refractivity contribution in [3.8, 4) is 5.75 Å². The van der Waals surface area contributed by atoms with E-state index in [1.807, 2.05) is 18.2 Å². The largest absolute Gasteiger partial charge is 0.484 e. The van der Waals surface area contributed by atoms with Crippen LogP contribution < -0.4 is 15.4 Å². The summed E-state index contributed by atoms with van der Waals surface area (Å²) in [5, 5.41) is 7.06. The highest BCUT2D eigenvalue weighted by Crippen LogP contribution is 2.24. The third kappa shape index (κ3) is 5.12. The first-order chi connectivity index (χ1) is 12.6. The van der Waals surface area contributed by atoms with Crippen molar-refractivity contribution in [2.45, 2.75) is 0 Å². The van der Waals surface area contributed by atoms with Gasteiger partial charge in [-0.2, -0.15) is 0 Å². The minimum atomic E-state index is -0.306. The van der Waals surface area contributed by atoms with Crippen molar-refractivity contribution in [2.24, 2.45) is 0 Å². The van der Waals surface area contributed by atoms with Gasteiger partial charge in [-0.05, 0) is 48.5 Å². The van der Waals surface area contributed by atoms with Gasteiger partial charge in [-0.25, -0.2) is 4.98 Å². The molecule has 0 aliphatic heterocycles. The first-order valence-corrected chi connectivity index (χ1v) is 8.51. The van der Waals surface area contributed by atoms with E-state index in [1.54, 1.807) is 48.7 Å². The number of benzene rings is 2. The molecule has 0 unspecified atom stereocenters. The molecule has 0 atom stereocenters. The van der Waals surface area contributed by atoms with E-state index in [-0.39, 0.29) is 12.5 Å². The molecule has 0 fully saturated rings. The monoisotopic (exact) mass is 387 g/mol. The van der Waals surface area contributed by atoms with Gasteiger partial charge in [0.25, 0.3) is 5.91 Å². The third-order valence-corrected chi connectivity index (χ3v) is 3.95. The van der Waals surface area contributed by atoms with Crippen LogP contribution in [0.25, 0.3) is 0 Å². The molecule has 1 amide bonds. The standard InChI is InChI=1S/C19H15Cl2N3O2/c20-13-5-8-15(9-6-13)26-12-19(25)24-18-10-7-14(11-22-18)23-17-4-2-1-3-16(17)21/h1-11,23H,12H2,(H,22,24,25). The first kappa shape index (κ1) is 18.0. The van der Waals surface area contributed by atoms with Crippen LogP contribution in [0.1, 0.15) is 0 Å². The van der Waals surface area contributed by atoms with Gasteiger partial charge < -0.3 is 15.4 Å². The molecular weight excluding hydrogens is 373 g/mol. The number of pyridine rings is 1. The predicted molar refractivity (Wildman–Crippen MR) is 105 cm³/mol. The second-order valence-electron chi connectivity index (χ2n) is 5.33. The van der Waals surface area contributed by atoms with Crippen molar-refractivity contribution < 1.29 is 9.53 Å². The van der Waals surface area contributed by atoms with E-state index in [0.29, 0.717) is 21.6 Å². The number of hydrogen-bond acceptors (Lipinski definition) is 4. The van der Waals surface area contributed by atoms with Crippen molar-refractivity contribution in [1.29, 1.82) is 0 Å². The second kappa shape index (κ2) is 8.56. The number of rotatable bonds is 6. The number of amides is 1. The summed E-state index contributed by atoms with van der Waals surface area (Å²) in [5.74, 6) is 0.690. The van der Waals surface area contributed by atoms with Crippen LogP contribution in [0.5, 0.6) is 5.75 Å². The number of halogens is 2. The Hall–Kier alpha value is -2.76. The molecule has 0 radical (unpaired) electrons. The summed E-state index contributed by atoms with van der Waals surface area (Å²) < 4.78 is 5.39. The van der Waals surface area contributed by atoms with E-state index in [4.69, 9.17) is 27.9 Å². The molecule has 5 nitrogen and oxygen atoms in total. The topological polar surface area (TPSA) is 63.2 Å². The van der Waals surface area contributed by atoms with Crippen molar-refractivity contribution >= 4 is 46.3 Å². The molecule has 0 aliphatic carbocycles. The van der Waals surface area contributed by atoms with Crippen LogP contribution in [0.3, 0.4) is 0 Å². The smallest absolute Gasteiger partial charge is 0.263 e. The van der Waals surface area contributed by atoms with E-state index in [9.17, 15) is 4.79 Å². The van der Waals surface area contributed by atoms with Gasteiger partial charge in [-0.3, -0.25) is 4.79 Å². The van der Waals surface area contributed by atoms with Gasteiger partial charge in [0.1, 0.15) is 11.6 Å². The number of carbonyl (C=O) groups is 1. The van der Waals surface area contributed by atoms with E-state index in [1.165, 1.54) is 0 Å². The minimum Gasteiger partial charge on any atom is -0.484 e. The molecular formula is C19H15Cl2N3O2. The Morgan fingerprint density at radius 2 is 1.77 bits per heavy atom. The van der Waals surface area contributed by atoms with Gasteiger partial charge in [0.05, 0.1) is 22.6 Å². The van der Waals surface area contributed by atoms with Crippen LogP contribution in [0.2, 0.25) is 10.0 Å². The summed E-state index contributed by atoms with van der Waals surface area (Å²) in [5.41, 5.74) is 1.54. The molecule has 2 N–H and O–H groups in total. The molecule has 0 spiro atoms. The molecule has 1 heterocycles. The first-order valence-electron chi connectivity index (χ1n) is 7.76. The normalized spacial score (nSPS) is 10.2. The van der Waals surface area contributed by atoms with Crippen molar-refractivity contribution in [3.05, 3.63) is 76.9 Å². The Labute approximate surface area is 160 Å². The number of nitrogens with zero attached hydrogens (tertiary/aromatic N) is 1. The van der Waals surface area contributed by atoms with E-state index in [2.05, 4.69) is 15.6 Å².